The first-order valence-electron chi connectivity index (χ1n) is 6.19. The number of hydrogen-bond acceptors (Lipinski definition) is 3. The molecule has 92 valence electrons. The van der Waals surface area contributed by atoms with Crippen molar-refractivity contribution in [3.8, 4) is 0 Å². The molecule has 1 saturated carbocycles. The van der Waals surface area contributed by atoms with E-state index in [9.17, 15) is 4.79 Å². The van der Waals surface area contributed by atoms with Crippen molar-refractivity contribution in [2.75, 3.05) is 6.61 Å². The first kappa shape index (κ1) is 11.9. The lowest BCUT2D eigenvalue weighted by molar-refractivity contribution is -0.123. The Morgan fingerprint density at radius 3 is 2.81 bits per heavy atom. The van der Waals surface area contributed by atoms with Gasteiger partial charge in [0.15, 0.2) is 0 Å². The summed E-state index contributed by atoms with van der Waals surface area (Å²) in [7, 11) is 0. The van der Waals surface area contributed by atoms with Crippen LogP contribution >= 0.6 is 0 Å². The molecule has 0 bridgehead atoms. The second-order valence-electron chi connectivity index (χ2n) is 5.43. The molecule has 0 radical (unpaired) electrons. The molecule has 3 N–H and O–H groups in total. The van der Waals surface area contributed by atoms with Crippen molar-refractivity contribution in [3.05, 3.63) is 0 Å². The number of ether oxygens (including phenoxy) is 1. The summed E-state index contributed by atoms with van der Waals surface area (Å²) in [4.78, 5) is 11.8. The number of hydrogen-bond donors (Lipinski definition) is 2. The number of carbonyl (C=O) groups excluding carboxylic acids is 1. The molecule has 3 atom stereocenters. The van der Waals surface area contributed by atoms with E-state index >= 15 is 0 Å². The molecule has 2 aliphatic rings. The van der Waals surface area contributed by atoms with Crippen molar-refractivity contribution >= 4 is 5.91 Å². The fourth-order valence-corrected chi connectivity index (χ4v) is 2.27. The highest BCUT2D eigenvalue weighted by Crippen LogP contribution is 2.33. The van der Waals surface area contributed by atoms with Gasteiger partial charge in [-0.3, -0.25) is 4.79 Å². The van der Waals surface area contributed by atoms with E-state index in [1.54, 1.807) is 0 Å². The van der Waals surface area contributed by atoms with Gasteiger partial charge in [-0.15, -0.1) is 0 Å². The molecule has 1 aliphatic heterocycles. The number of nitrogens with two attached hydrogens (primary N) is 1. The molecule has 0 aromatic rings. The minimum atomic E-state index is -0.208. The van der Waals surface area contributed by atoms with Gasteiger partial charge >= 0.3 is 0 Å². The Bertz CT molecular complexity index is 278. The van der Waals surface area contributed by atoms with Crippen LogP contribution in [0.1, 0.15) is 39.5 Å². The minimum Gasteiger partial charge on any atom is -0.376 e. The molecule has 0 aromatic carbocycles. The lowest BCUT2D eigenvalue weighted by atomic mass is 9.94. The molecule has 4 heteroatoms. The van der Waals surface area contributed by atoms with Gasteiger partial charge in [-0.05, 0) is 39.0 Å². The summed E-state index contributed by atoms with van der Waals surface area (Å²) in [6.45, 7) is 4.78. The van der Waals surface area contributed by atoms with E-state index in [0.717, 1.165) is 13.0 Å². The number of carbonyl (C=O) groups is 1. The smallest absolute Gasteiger partial charge is 0.222 e. The Balaban J connectivity index is 1.81. The molecule has 3 unspecified atom stereocenters. The SMILES string of the molecule is CC1OCCC1(C)NC(=O)CC(N)C1CC1. The molecule has 2 fully saturated rings. The van der Waals surface area contributed by atoms with Crippen molar-refractivity contribution in [2.45, 2.75) is 57.2 Å². The molecule has 1 saturated heterocycles. The number of amides is 1. The summed E-state index contributed by atoms with van der Waals surface area (Å²) in [5.41, 5.74) is 5.73. The zero-order chi connectivity index (χ0) is 11.8. The van der Waals surface area contributed by atoms with E-state index in [1.165, 1.54) is 12.8 Å². The average Bonchev–Trinajstić information content (AvgIpc) is 2.95. The average molecular weight is 226 g/mol. The van der Waals surface area contributed by atoms with Crippen LogP contribution in [0, 0.1) is 5.92 Å². The molecule has 1 heterocycles. The van der Waals surface area contributed by atoms with Gasteiger partial charge in [-0.2, -0.15) is 0 Å². The van der Waals surface area contributed by atoms with Gasteiger partial charge < -0.3 is 15.8 Å². The van der Waals surface area contributed by atoms with Crippen molar-refractivity contribution in [2.24, 2.45) is 11.7 Å². The Kier molecular flexibility index (Phi) is 3.22. The Morgan fingerprint density at radius 2 is 2.31 bits per heavy atom. The maximum absolute atomic E-state index is 11.8. The van der Waals surface area contributed by atoms with Gasteiger partial charge in [0.1, 0.15) is 0 Å². The number of nitrogens with one attached hydrogen (secondary N) is 1. The van der Waals surface area contributed by atoms with Crippen LogP contribution in [-0.2, 0) is 9.53 Å². The lowest BCUT2D eigenvalue weighted by Gasteiger charge is -2.29. The third-order valence-corrected chi connectivity index (χ3v) is 3.96. The summed E-state index contributed by atoms with van der Waals surface area (Å²) in [5, 5.41) is 3.07. The summed E-state index contributed by atoms with van der Waals surface area (Å²) < 4.78 is 5.49. The number of rotatable bonds is 4. The minimum absolute atomic E-state index is 0.0428. The van der Waals surface area contributed by atoms with Crippen LogP contribution in [-0.4, -0.2) is 30.2 Å². The third kappa shape index (κ3) is 2.55. The topological polar surface area (TPSA) is 64.3 Å². The maximum Gasteiger partial charge on any atom is 0.222 e. The first-order valence-corrected chi connectivity index (χ1v) is 6.19. The lowest BCUT2D eigenvalue weighted by Crippen LogP contribution is -2.51. The largest absolute Gasteiger partial charge is 0.376 e. The monoisotopic (exact) mass is 226 g/mol. The Morgan fingerprint density at radius 1 is 1.62 bits per heavy atom. The zero-order valence-electron chi connectivity index (χ0n) is 10.2. The van der Waals surface area contributed by atoms with Crippen LogP contribution in [0.2, 0.25) is 0 Å². The van der Waals surface area contributed by atoms with Crippen molar-refractivity contribution in [1.29, 1.82) is 0 Å². The normalized spacial score (nSPS) is 36.1. The Hall–Kier alpha value is -0.610. The molecule has 16 heavy (non-hydrogen) atoms. The van der Waals surface area contributed by atoms with E-state index in [2.05, 4.69) is 5.32 Å². The van der Waals surface area contributed by atoms with Gasteiger partial charge in [0.05, 0.1) is 11.6 Å². The van der Waals surface area contributed by atoms with E-state index in [-0.39, 0.29) is 23.6 Å². The third-order valence-electron chi connectivity index (χ3n) is 3.96. The zero-order valence-corrected chi connectivity index (χ0v) is 10.2. The van der Waals surface area contributed by atoms with Crippen LogP contribution < -0.4 is 11.1 Å². The molecule has 4 nitrogen and oxygen atoms in total. The fraction of sp³-hybridized carbons (Fsp3) is 0.917. The van der Waals surface area contributed by atoms with Crippen molar-refractivity contribution < 1.29 is 9.53 Å². The van der Waals surface area contributed by atoms with Crippen molar-refractivity contribution in [3.63, 3.8) is 0 Å². The molecule has 1 amide bonds. The molecule has 2 rings (SSSR count). The molecular formula is C12H22N2O2. The second-order valence-corrected chi connectivity index (χ2v) is 5.43. The summed E-state index contributed by atoms with van der Waals surface area (Å²) >= 11 is 0. The van der Waals surface area contributed by atoms with Crippen molar-refractivity contribution in [1.82, 2.24) is 5.32 Å². The second kappa shape index (κ2) is 4.34. The van der Waals surface area contributed by atoms with E-state index < -0.39 is 0 Å². The summed E-state index contributed by atoms with van der Waals surface area (Å²) in [6.07, 6.45) is 3.80. The molecule has 0 spiro atoms. The van der Waals surface area contributed by atoms with E-state index in [0.29, 0.717) is 12.3 Å². The first-order chi connectivity index (χ1) is 7.51. The quantitative estimate of drug-likeness (QED) is 0.745. The molecule has 1 aliphatic carbocycles. The fourth-order valence-electron chi connectivity index (χ4n) is 2.27. The molecular weight excluding hydrogens is 204 g/mol. The van der Waals surface area contributed by atoms with Gasteiger partial charge in [-0.25, -0.2) is 0 Å². The van der Waals surface area contributed by atoms with Crippen LogP contribution in [0.3, 0.4) is 0 Å². The highest BCUT2D eigenvalue weighted by atomic mass is 16.5. The highest BCUT2D eigenvalue weighted by Gasteiger charge is 2.39. The Labute approximate surface area is 96.9 Å². The van der Waals surface area contributed by atoms with Gasteiger partial charge in [0, 0.05) is 19.1 Å². The molecule has 0 aromatic heterocycles. The maximum atomic E-state index is 11.8. The van der Waals surface area contributed by atoms with Gasteiger partial charge in [0.2, 0.25) is 5.91 Å². The van der Waals surface area contributed by atoms with Gasteiger partial charge in [0.25, 0.3) is 0 Å². The summed E-state index contributed by atoms with van der Waals surface area (Å²) in [6, 6.07) is 0.0428. The standard InChI is InChI=1S/C12H22N2O2/c1-8-12(2,5-6-16-8)14-11(15)7-10(13)9-3-4-9/h8-10H,3-7,13H2,1-2H3,(H,14,15). The predicted molar refractivity (Wildman–Crippen MR) is 61.9 cm³/mol. The summed E-state index contributed by atoms with van der Waals surface area (Å²) in [5.74, 6) is 0.648. The van der Waals surface area contributed by atoms with Crippen LogP contribution in [0.15, 0.2) is 0 Å². The van der Waals surface area contributed by atoms with Crippen LogP contribution in [0.25, 0.3) is 0 Å². The highest BCUT2D eigenvalue weighted by molar-refractivity contribution is 5.77. The van der Waals surface area contributed by atoms with Gasteiger partial charge in [-0.1, -0.05) is 0 Å². The van der Waals surface area contributed by atoms with Crippen LogP contribution in [0.5, 0.6) is 0 Å². The predicted octanol–water partition coefficient (Wildman–Crippen LogP) is 0.797. The van der Waals surface area contributed by atoms with E-state index in [4.69, 9.17) is 10.5 Å². The van der Waals surface area contributed by atoms with Crippen LogP contribution in [0.4, 0.5) is 0 Å². The van der Waals surface area contributed by atoms with E-state index in [1.807, 2.05) is 13.8 Å².